The molecule has 80 valence electrons. The van der Waals surface area contributed by atoms with Crippen molar-refractivity contribution in [3.63, 3.8) is 0 Å². The zero-order valence-electron chi connectivity index (χ0n) is 9.15. The Morgan fingerprint density at radius 3 is 2.53 bits per heavy atom. The summed E-state index contributed by atoms with van der Waals surface area (Å²) in [6.45, 7) is 6.68. The molecule has 2 N–H and O–H groups in total. The number of hydrogen-bond donors (Lipinski definition) is 1. The van der Waals surface area contributed by atoms with Crippen LogP contribution in [-0.2, 0) is 6.54 Å². The molecule has 1 heterocycles. The van der Waals surface area contributed by atoms with Gasteiger partial charge >= 0.3 is 0 Å². The molecule has 0 aliphatic rings. The van der Waals surface area contributed by atoms with Gasteiger partial charge in [-0.25, -0.2) is 0 Å². The molecule has 15 heavy (non-hydrogen) atoms. The van der Waals surface area contributed by atoms with E-state index in [1.807, 2.05) is 0 Å². The molecule has 2 nitrogen and oxygen atoms in total. The van der Waals surface area contributed by atoms with Crippen LogP contribution in [0.3, 0.4) is 0 Å². The first-order valence-electron chi connectivity index (χ1n) is 4.94. The minimum absolute atomic E-state index is 0.455. The van der Waals surface area contributed by atoms with Crippen LogP contribution in [0.5, 0.6) is 0 Å². The van der Waals surface area contributed by atoms with Gasteiger partial charge in [0.15, 0.2) is 0 Å². The highest BCUT2D eigenvalue weighted by atomic mass is 79.9. The zero-order valence-corrected chi connectivity index (χ0v) is 10.7. The van der Waals surface area contributed by atoms with E-state index >= 15 is 0 Å². The van der Waals surface area contributed by atoms with Gasteiger partial charge in [0.05, 0.1) is 6.54 Å². The molecule has 0 fully saturated rings. The normalized spacial score (nSPS) is 11.3. The maximum atomic E-state index is 5.72. The molecule has 0 amide bonds. The molecular weight excluding hydrogens is 254 g/mol. The Hall–Kier alpha value is -0.800. The van der Waals surface area contributed by atoms with Crippen molar-refractivity contribution in [3.05, 3.63) is 33.0 Å². The van der Waals surface area contributed by atoms with E-state index in [0.29, 0.717) is 6.54 Å². The van der Waals surface area contributed by atoms with Crippen LogP contribution in [0, 0.1) is 20.8 Å². The van der Waals surface area contributed by atoms with Gasteiger partial charge in [0.25, 0.3) is 0 Å². The minimum atomic E-state index is 0.455. The second kappa shape index (κ2) is 3.65. The number of furan rings is 1. The summed E-state index contributed by atoms with van der Waals surface area (Å²) < 4.78 is 6.87. The van der Waals surface area contributed by atoms with Crippen molar-refractivity contribution in [2.24, 2.45) is 5.73 Å². The summed E-state index contributed by atoms with van der Waals surface area (Å²) in [5, 5.41) is 1.19. The van der Waals surface area contributed by atoms with Gasteiger partial charge in [0, 0.05) is 9.86 Å². The number of halogens is 1. The fraction of sp³-hybridized carbons (Fsp3) is 0.333. The lowest BCUT2D eigenvalue weighted by molar-refractivity contribution is 0.548. The Balaban J connectivity index is 2.90. The summed E-state index contributed by atoms with van der Waals surface area (Å²) in [7, 11) is 0. The quantitative estimate of drug-likeness (QED) is 0.858. The van der Waals surface area contributed by atoms with E-state index < -0.39 is 0 Å². The molecular formula is C12H14BrNO. The highest BCUT2D eigenvalue weighted by Crippen LogP contribution is 2.34. The molecule has 0 unspecified atom stereocenters. The standard InChI is InChI=1S/C12H14BrNO/c1-6-4-9-11(8(3)12(6)13)7(2)10(5-14)15-9/h4H,5,14H2,1-3H3. The van der Waals surface area contributed by atoms with Crippen LogP contribution >= 0.6 is 15.9 Å². The minimum Gasteiger partial charge on any atom is -0.459 e. The van der Waals surface area contributed by atoms with Crippen LogP contribution in [-0.4, -0.2) is 0 Å². The van der Waals surface area contributed by atoms with Crippen molar-refractivity contribution >= 4 is 26.9 Å². The molecule has 0 saturated heterocycles. The summed E-state index contributed by atoms with van der Waals surface area (Å²) in [6, 6.07) is 2.05. The van der Waals surface area contributed by atoms with E-state index in [9.17, 15) is 0 Å². The molecule has 0 aliphatic heterocycles. The molecule has 0 radical (unpaired) electrons. The Kier molecular flexibility index (Phi) is 2.61. The van der Waals surface area contributed by atoms with E-state index in [0.717, 1.165) is 21.4 Å². The molecule has 3 heteroatoms. The van der Waals surface area contributed by atoms with Gasteiger partial charge in [-0.2, -0.15) is 0 Å². The number of aryl methyl sites for hydroxylation is 3. The van der Waals surface area contributed by atoms with Crippen molar-refractivity contribution in [2.45, 2.75) is 27.3 Å². The monoisotopic (exact) mass is 267 g/mol. The van der Waals surface area contributed by atoms with Crippen LogP contribution in [0.2, 0.25) is 0 Å². The Morgan fingerprint density at radius 2 is 1.93 bits per heavy atom. The van der Waals surface area contributed by atoms with Gasteiger partial charge in [-0.05, 0) is 43.5 Å². The van der Waals surface area contributed by atoms with Gasteiger partial charge in [-0.3, -0.25) is 0 Å². The Labute approximate surface area is 97.6 Å². The third-order valence-electron chi connectivity index (χ3n) is 2.86. The van der Waals surface area contributed by atoms with Gasteiger partial charge in [0.1, 0.15) is 11.3 Å². The third kappa shape index (κ3) is 1.50. The summed E-state index contributed by atoms with van der Waals surface area (Å²) in [4.78, 5) is 0. The highest BCUT2D eigenvalue weighted by Gasteiger charge is 2.14. The van der Waals surface area contributed by atoms with Crippen molar-refractivity contribution < 1.29 is 4.42 Å². The molecule has 0 aliphatic carbocycles. The van der Waals surface area contributed by atoms with Crippen LogP contribution in [0.1, 0.15) is 22.5 Å². The molecule has 0 atom stereocenters. The lowest BCUT2D eigenvalue weighted by atomic mass is 10.0. The maximum absolute atomic E-state index is 5.72. The number of nitrogens with two attached hydrogens (primary N) is 1. The average molecular weight is 268 g/mol. The fourth-order valence-corrected chi connectivity index (χ4v) is 2.33. The van der Waals surface area contributed by atoms with Gasteiger partial charge in [0.2, 0.25) is 0 Å². The molecule has 2 aromatic rings. The van der Waals surface area contributed by atoms with Crippen molar-refractivity contribution in [2.75, 3.05) is 0 Å². The molecule has 1 aromatic heterocycles. The summed E-state index contributed by atoms with van der Waals surface area (Å²) >= 11 is 3.59. The van der Waals surface area contributed by atoms with Gasteiger partial charge < -0.3 is 10.2 Å². The molecule has 1 aromatic carbocycles. The lowest BCUT2D eigenvalue weighted by Gasteiger charge is -2.03. The Morgan fingerprint density at radius 1 is 1.27 bits per heavy atom. The molecule has 0 saturated carbocycles. The number of benzene rings is 1. The van der Waals surface area contributed by atoms with E-state index in [2.05, 4.69) is 42.8 Å². The van der Waals surface area contributed by atoms with Crippen molar-refractivity contribution in [1.29, 1.82) is 0 Å². The van der Waals surface area contributed by atoms with Gasteiger partial charge in [-0.1, -0.05) is 15.9 Å². The lowest BCUT2D eigenvalue weighted by Crippen LogP contribution is -1.95. The van der Waals surface area contributed by atoms with Crippen LogP contribution in [0.15, 0.2) is 15.0 Å². The average Bonchev–Trinajstić information content (AvgIpc) is 2.52. The van der Waals surface area contributed by atoms with E-state index in [1.54, 1.807) is 0 Å². The van der Waals surface area contributed by atoms with Crippen LogP contribution in [0.4, 0.5) is 0 Å². The zero-order chi connectivity index (χ0) is 11.2. The number of hydrogen-bond acceptors (Lipinski definition) is 2. The summed E-state index contributed by atoms with van der Waals surface area (Å²) in [5.41, 5.74) is 10.1. The molecule has 0 spiro atoms. The fourth-order valence-electron chi connectivity index (χ4n) is 2.01. The predicted octanol–water partition coefficient (Wildman–Crippen LogP) is 3.58. The first-order chi connectivity index (χ1) is 7.06. The topological polar surface area (TPSA) is 39.2 Å². The highest BCUT2D eigenvalue weighted by molar-refractivity contribution is 9.10. The van der Waals surface area contributed by atoms with E-state index in [-0.39, 0.29) is 0 Å². The summed E-state index contributed by atoms with van der Waals surface area (Å²) in [5.74, 6) is 0.880. The summed E-state index contributed by atoms with van der Waals surface area (Å²) in [6.07, 6.45) is 0. The predicted molar refractivity (Wildman–Crippen MR) is 66.0 cm³/mol. The molecule has 2 rings (SSSR count). The van der Waals surface area contributed by atoms with Crippen LogP contribution in [0.25, 0.3) is 11.0 Å². The molecule has 0 bridgehead atoms. The maximum Gasteiger partial charge on any atom is 0.135 e. The SMILES string of the molecule is Cc1cc2oc(CN)c(C)c2c(C)c1Br. The van der Waals surface area contributed by atoms with Crippen LogP contribution < -0.4 is 5.73 Å². The van der Waals surface area contributed by atoms with Gasteiger partial charge in [-0.15, -0.1) is 0 Å². The van der Waals surface area contributed by atoms with Crippen molar-refractivity contribution in [1.82, 2.24) is 0 Å². The first kappa shape index (κ1) is 10.7. The second-order valence-electron chi connectivity index (χ2n) is 3.86. The van der Waals surface area contributed by atoms with E-state index in [1.165, 1.54) is 16.5 Å². The van der Waals surface area contributed by atoms with E-state index in [4.69, 9.17) is 10.2 Å². The first-order valence-corrected chi connectivity index (χ1v) is 5.73. The second-order valence-corrected chi connectivity index (χ2v) is 4.65. The largest absolute Gasteiger partial charge is 0.459 e. The third-order valence-corrected chi connectivity index (χ3v) is 4.08. The smallest absolute Gasteiger partial charge is 0.135 e. The number of rotatable bonds is 1. The number of fused-ring (bicyclic) bond motifs is 1. The Bertz CT molecular complexity index is 528. The van der Waals surface area contributed by atoms with Crippen molar-refractivity contribution in [3.8, 4) is 0 Å².